The maximum Gasteiger partial charge on any atom is 0.123 e. The molecule has 0 spiro atoms. The lowest BCUT2D eigenvalue weighted by Gasteiger charge is -2.23. The molecule has 1 saturated heterocycles. The fraction of sp³-hybridized carbons (Fsp3) is 0.357. The van der Waals surface area contributed by atoms with Crippen LogP contribution >= 0.6 is 0 Å². The van der Waals surface area contributed by atoms with Crippen LogP contribution in [-0.4, -0.2) is 21.6 Å². The number of hydrogen-bond donors (Lipinski definition) is 1. The summed E-state index contributed by atoms with van der Waals surface area (Å²) in [6, 6.07) is 9.25. The first kappa shape index (κ1) is 11.4. The van der Waals surface area contributed by atoms with Crippen molar-refractivity contribution in [1.29, 1.82) is 0 Å². The van der Waals surface area contributed by atoms with Crippen molar-refractivity contribution >= 4 is 0 Å². The van der Waals surface area contributed by atoms with Gasteiger partial charge in [0, 0.05) is 12.7 Å². The van der Waals surface area contributed by atoms with Crippen LogP contribution in [0.25, 0.3) is 0 Å². The van der Waals surface area contributed by atoms with E-state index in [2.05, 4.69) is 15.1 Å². The molecule has 0 bridgehead atoms. The van der Waals surface area contributed by atoms with E-state index in [9.17, 15) is 4.39 Å². The van der Waals surface area contributed by atoms with E-state index in [1.165, 1.54) is 12.5 Å². The Morgan fingerprint density at radius 1 is 1.39 bits per heavy atom. The summed E-state index contributed by atoms with van der Waals surface area (Å²) in [4.78, 5) is 2.38. The summed E-state index contributed by atoms with van der Waals surface area (Å²) in [7, 11) is 0. The summed E-state index contributed by atoms with van der Waals surface area (Å²) in [5, 5.41) is 7.05. The van der Waals surface area contributed by atoms with E-state index in [1.54, 1.807) is 18.3 Å². The molecule has 1 aromatic heterocycles. The second-order valence-corrected chi connectivity index (χ2v) is 4.77. The molecule has 0 saturated carbocycles. The lowest BCUT2D eigenvalue weighted by molar-refractivity contribution is 0.244. The Balaban J connectivity index is 1.76. The standard InChI is InChI=1S/C14H16FN3/c15-12-4-1-3-11(9-12)10-18-8-2-5-14(18)13-6-7-16-17-13/h1,3-4,6-7,9,14H,2,5,8,10H2,(H,16,17). The second kappa shape index (κ2) is 4.90. The summed E-state index contributed by atoms with van der Waals surface area (Å²) >= 11 is 0. The molecular weight excluding hydrogens is 229 g/mol. The van der Waals surface area contributed by atoms with Crippen molar-refractivity contribution in [2.45, 2.75) is 25.4 Å². The maximum absolute atomic E-state index is 13.2. The fourth-order valence-electron chi connectivity index (χ4n) is 2.69. The molecule has 94 valence electrons. The molecule has 1 aliphatic rings. The van der Waals surface area contributed by atoms with Crippen molar-refractivity contribution in [3.8, 4) is 0 Å². The highest BCUT2D eigenvalue weighted by Crippen LogP contribution is 2.31. The lowest BCUT2D eigenvalue weighted by atomic mass is 10.1. The van der Waals surface area contributed by atoms with Crippen molar-refractivity contribution in [2.75, 3.05) is 6.54 Å². The summed E-state index contributed by atoms with van der Waals surface area (Å²) < 4.78 is 13.2. The summed E-state index contributed by atoms with van der Waals surface area (Å²) in [5.41, 5.74) is 2.19. The van der Waals surface area contributed by atoms with Gasteiger partial charge in [0.05, 0.1) is 11.7 Å². The highest BCUT2D eigenvalue weighted by Gasteiger charge is 2.26. The molecule has 1 N–H and O–H groups in total. The van der Waals surface area contributed by atoms with Gasteiger partial charge in [-0.1, -0.05) is 12.1 Å². The van der Waals surface area contributed by atoms with Crippen LogP contribution in [0.15, 0.2) is 36.5 Å². The minimum atomic E-state index is -0.162. The molecule has 1 aliphatic heterocycles. The molecule has 0 amide bonds. The van der Waals surface area contributed by atoms with Gasteiger partial charge in [-0.3, -0.25) is 10.00 Å². The van der Waals surface area contributed by atoms with Crippen molar-refractivity contribution in [3.63, 3.8) is 0 Å². The minimum Gasteiger partial charge on any atom is -0.291 e. The quantitative estimate of drug-likeness (QED) is 0.901. The Hall–Kier alpha value is -1.68. The van der Waals surface area contributed by atoms with Gasteiger partial charge in [-0.2, -0.15) is 5.10 Å². The topological polar surface area (TPSA) is 31.9 Å². The van der Waals surface area contributed by atoms with E-state index in [4.69, 9.17) is 0 Å². The van der Waals surface area contributed by atoms with Crippen LogP contribution in [0, 0.1) is 5.82 Å². The monoisotopic (exact) mass is 245 g/mol. The Labute approximate surface area is 106 Å². The highest BCUT2D eigenvalue weighted by atomic mass is 19.1. The Kier molecular flexibility index (Phi) is 3.11. The van der Waals surface area contributed by atoms with Gasteiger partial charge >= 0.3 is 0 Å². The zero-order valence-corrected chi connectivity index (χ0v) is 10.1. The molecule has 0 aliphatic carbocycles. The highest BCUT2D eigenvalue weighted by molar-refractivity contribution is 5.17. The molecule has 3 rings (SSSR count). The molecule has 1 atom stereocenters. The Morgan fingerprint density at radius 2 is 2.33 bits per heavy atom. The number of nitrogens with one attached hydrogen (secondary N) is 1. The van der Waals surface area contributed by atoms with E-state index in [0.29, 0.717) is 6.04 Å². The summed E-state index contributed by atoms with van der Waals surface area (Å²) in [6.07, 6.45) is 4.10. The molecule has 0 radical (unpaired) electrons. The van der Waals surface area contributed by atoms with Crippen molar-refractivity contribution in [2.24, 2.45) is 0 Å². The van der Waals surface area contributed by atoms with Gasteiger partial charge in [-0.15, -0.1) is 0 Å². The van der Waals surface area contributed by atoms with Gasteiger partial charge in [0.15, 0.2) is 0 Å². The van der Waals surface area contributed by atoms with Gasteiger partial charge in [0.25, 0.3) is 0 Å². The van der Waals surface area contributed by atoms with E-state index in [0.717, 1.165) is 30.8 Å². The van der Waals surface area contributed by atoms with Crippen molar-refractivity contribution < 1.29 is 4.39 Å². The number of aromatic nitrogens is 2. The Bertz CT molecular complexity index is 510. The van der Waals surface area contributed by atoms with Crippen LogP contribution in [0.4, 0.5) is 4.39 Å². The van der Waals surface area contributed by atoms with Crippen LogP contribution in [-0.2, 0) is 6.54 Å². The molecule has 2 aromatic rings. The maximum atomic E-state index is 13.2. The molecule has 4 heteroatoms. The van der Waals surface area contributed by atoms with Crippen molar-refractivity contribution in [3.05, 3.63) is 53.6 Å². The first-order valence-corrected chi connectivity index (χ1v) is 6.31. The average molecular weight is 245 g/mol. The van der Waals surface area contributed by atoms with Crippen LogP contribution < -0.4 is 0 Å². The van der Waals surface area contributed by atoms with Crippen LogP contribution in [0.1, 0.15) is 30.1 Å². The van der Waals surface area contributed by atoms with Gasteiger partial charge in [0.1, 0.15) is 5.82 Å². The normalized spacial score (nSPS) is 20.4. The largest absolute Gasteiger partial charge is 0.291 e. The minimum absolute atomic E-state index is 0.162. The van der Waals surface area contributed by atoms with E-state index in [-0.39, 0.29) is 5.82 Å². The summed E-state index contributed by atoms with van der Waals surface area (Å²) in [6.45, 7) is 1.85. The zero-order chi connectivity index (χ0) is 12.4. The number of rotatable bonds is 3. The predicted octanol–water partition coefficient (Wildman–Crippen LogP) is 2.89. The number of likely N-dealkylation sites (tertiary alicyclic amines) is 1. The third-order valence-corrected chi connectivity index (χ3v) is 3.52. The molecule has 1 aromatic carbocycles. The number of hydrogen-bond acceptors (Lipinski definition) is 2. The SMILES string of the molecule is Fc1cccc(CN2CCCC2c2ccn[nH]2)c1. The van der Waals surface area contributed by atoms with Gasteiger partial charge in [-0.25, -0.2) is 4.39 Å². The van der Waals surface area contributed by atoms with Crippen LogP contribution in [0.3, 0.4) is 0 Å². The first-order valence-electron chi connectivity index (χ1n) is 6.31. The number of benzene rings is 1. The number of halogens is 1. The Morgan fingerprint density at radius 3 is 3.11 bits per heavy atom. The predicted molar refractivity (Wildman–Crippen MR) is 67.4 cm³/mol. The summed E-state index contributed by atoms with van der Waals surface area (Å²) in [5.74, 6) is -0.162. The van der Waals surface area contributed by atoms with Crippen molar-refractivity contribution in [1.82, 2.24) is 15.1 Å². The smallest absolute Gasteiger partial charge is 0.123 e. The van der Waals surface area contributed by atoms with E-state index in [1.807, 2.05) is 12.1 Å². The number of aromatic amines is 1. The average Bonchev–Trinajstić information content (AvgIpc) is 2.98. The number of nitrogens with zero attached hydrogens (tertiary/aromatic N) is 2. The molecule has 2 heterocycles. The molecule has 3 nitrogen and oxygen atoms in total. The van der Waals surface area contributed by atoms with Gasteiger partial charge < -0.3 is 0 Å². The second-order valence-electron chi connectivity index (χ2n) is 4.77. The zero-order valence-electron chi connectivity index (χ0n) is 10.1. The van der Waals surface area contributed by atoms with E-state index < -0.39 is 0 Å². The third-order valence-electron chi connectivity index (χ3n) is 3.52. The fourth-order valence-corrected chi connectivity index (χ4v) is 2.69. The molecular formula is C14H16FN3. The molecule has 1 fully saturated rings. The molecule has 1 unspecified atom stereocenters. The van der Waals surface area contributed by atoms with Crippen LogP contribution in [0.5, 0.6) is 0 Å². The number of H-pyrrole nitrogens is 1. The van der Waals surface area contributed by atoms with Gasteiger partial charge in [-0.05, 0) is 43.1 Å². The lowest BCUT2D eigenvalue weighted by Crippen LogP contribution is -2.23. The first-order chi connectivity index (χ1) is 8.83. The molecule has 18 heavy (non-hydrogen) atoms. The third kappa shape index (κ3) is 2.29. The van der Waals surface area contributed by atoms with Gasteiger partial charge in [0.2, 0.25) is 0 Å². The van der Waals surface area contributed by atoms with E-state index >= 15 is 0 Å². The van der Waals surface area contributed by atoms with Crippen LogP contribution in [0.2, 0.25) is 0 Å².